The van der Waals surface area contributed by atoms with Crippen LogP contribution in [0, 0.1) is 17.1 Å². The highest BCUT2D eigenvalue weighted by molar-refractivity contribution is 7.81. The molecule has 2 aromatic carbocycles. The number of nitrogens with one attached hydrogen (secondary N) is 2. The van der Waals surface area contributed by atoms with Gasteiger partial charge in [0, 0.05) is 11.8 Å². The molecule has 2 aromatic heterocycles. The molecule has 2 aliphatic heterocycles. The Morgan fingerprint density at radius 1 is 1.13 bits per heavy atom. The summed E-state index contributed by atoms with van der Waals surface area (Å²) in [7, 11) is 0. The van der Waals surface area contributed by atoms with Crippen LogP contribution < -0.4 is 10.6 Å². The average Bonchev–Trinajstić information content (AvgIpc) is 3.57. The molecule has 1 unspecified atom stereocenters. The molecule has 38 heavy (non-hydrogen) atoms. The number of hydrogen-bond donors (Lipinski definition) is 3. The average molecular weight is 527 g/mol. The van der Waals surface area contributed by atoms with Gasteiger partial charge in [0.15, 0.2) is 0 Å². The summed E-state index contributed by atoms with van der Waals surface area (Å²) in [6.45, 7) is 0.134. The number of fused-ring (bicyclic) bond motifs is 1. The molecule has 0 bridgehead atoms. The number of hydrogen-bond acceptors (Lipinski definition) is 8. The molecule has 0 radical (unpaired) electrons. The van der Waals surface area contributed by atoms with Gasteiger partial charge in [0.2, 0.25) is 0 Å². The fourth-order valence-corrected chi connectivity index (χ4v) is 4.47. The molecule has 1 amide bonds. The van der Waals surface area contributed by atoms with Crippen LogP contribution in [0.2, 0.25) is 0 Å². The van der Waals surface area contributed by atoms with Gasteiger partial charge in [-0.25, -0.2) is 14.2 Å². The number of ether oxygens (including phenoxy) is 1. The highest BCUT2D eigenvalue weighted by Crippen LogP contribution is 2.35. The Bertz CT molecular complexity index is 1640. The van der Waals surface area contributed by atoms with Crippen LogP contribution in [0.5, 0.6) is 0 Å². The highest BCUT2D eigenvalue weighted by Gasteiger charge is 2.37. The molecule has 0 fully saturated rings. The molecule has 4 heterocycles. The van der Waals surface area contributed by atoms with Gasteiger partial charge in [-0.1, -0.05) is 18.2 Å². The first-order valence-corrected chi connectivity index (χ1v) is 11.9. The third-order valence-corrected chi connectivity index (χ3v) is 6.40. The Labute approximate surface area is 221 Å². The molecule has 2 N–H and O–H groups in total. The third-order valence-electron chi connectivity index (χ3n) is 5.89. The van der Waals surface area contributed by atoms with Crippen LogP contribution in [0.25, 0.3) is 16.7 Å². The number of carbonyl (C=O) groups excluding carboxylic acids is 2. The van der Waals surface area contributed by atoms with Crippen molar-refractivity contribution in [2.45, 2.75) is 5.25 Å². The van der Waals surface area contributed by atoms with Crippen LogP contribution in [0.15, 0.2) is 100 Å². The molecule has 0 saturated carbocycles. The molecule has 2 aliphatic rings. The molecule has 1 atom stereocenters. The summed E-state index contributed by atoms with van der Waals surface area (Å²) in [5.41, 5.74) is 3.78. The maximum absolute atomic E-state index is 13.0. The van der Waals surface area contributed by atoms with Crippen LogP contribution in [0.3, 0.4) is 0 Å². The number of carbonyl (C=O) groups is 2. The first-order valence-electron chi connectivity index (χ1n) is 11.4. The van der Waals surface area contributed by atoms with Crippen molar-refractivity contribution in [2.24, 2.45) is 0 Å². The molecule has 8 nitrogen and oxygen atoms in total. The fraction of sp³-hybridized carbons (Fsp3) is 0.0714. The fourth-order valence-electron chi connectivity index (χ4n) is 4.02. The van der Waals surface area contributed by atoms with E-state index >= 15 is 0 Å². The van der Waals surface area contributed by atoms with E-state index in [1.807, 2.05) is 18.2 Å². The summed E-state index contributed by atoms with van der Waals surface area (Å²) in [5.74, 6) is -0.490. The number of thiol groups is 1. The Morgan fingerprint density at radius 3 is 2.63 bits per heavy atom. The molecule has 188 valence electrons. The standard InChI is InChI=1S/C14H9FN2O2S.C14H10N2O2/c15-8-3-1-7(2-4-8)12-9(5-16)13(20)11-10(17-12)6-19-14(11)18;17-14(10-4-2-1-3-5-10)16-13-11-7-9-18-12(11)6-8-15-13/h1-4,13,17,20H,6H2;1-9H,(H,15,16,17). The maximum atomic E-state index is 13.0. The number of aromatic nitrogens is 1. The maximum Gasteiger partial charge on any atom is 0.337 e. The van der Waals surface area contributed by atoms with Gasteiger partial charge >= 0.3 is 5.97 Å². The number of dihydropyridines is 1. The van der Waals surface area contributed by atoms with E-state index in [9.17, 15) is 19.2 Å². The molecular weight excluding hydrogens is 507 g/mol. The summed E-state index contributed by atoms with van der Waals surface area (Å²) in [5, 5.41) is 15.3. The molecule has 6 rings (SSSR count). The number of amides is 1. The number of esters is 1. The number of halogens is 1. The summed E-state index contributed by atoms with van der Waals surface area (Å²) >= 11 is 4.35. The topological polar surface area (TPSA) is 117 Å². The number of cyclic esters (lactones) is 1. The lowest BCUT2D eigenvalue weighted by Crippen LogP contribution is -2.27. The second kappa shape index (κ2) is 10.6. The van der Waals surface area contributed by atoms with Crippen molar-refractivity contribution in [3.8, 4) is 6.07 Å². The van der Waals surface area contributed by atoms with E-state index in [-0.39, 0.29) is 18.3 Å². The summed E-state index contributed by atoms with van der Waals surface area (Å²) in [4.78, 5) is 27.8. The van der Waals surface area contributed by atoms with Crippen LogP contribution in [0.4, 0.5) is 10.2 Å². The van der Waals surface area contributed by atoms with Gasteiger partial charge in [0.05, 0.1) is 45.5 Å². The van der Waals surface area contributed by atoms with Gasteiger partial charge in [0.25, 0.3) is 5.91 Å². The Kier molecular flexibility index (Phi) is 6.93. The lowest BCUT2D eigenvalue weighted by atomic mass is 9.95. The van der Waals surface area contributed by atoms with Crippen LogP contribution in [-0.2, 0) is 9.53 Å². The zero-order valence-electron chi connectivity index (χ0n) is 19.6. The predicted octanol–water partition coefficient (Wildman–Crippen LogP) is 4.85. The smallest absolute Gasteiger partial charge is 0.337 e. The zero-order valence-corrected chi connectivity index (χ0v) is 20.5. The lowest BCUT2D eigenvalue weighted by molar-refractivity contribution is -0.136. The Balaban J connectivity index is 0.000000156. The van der Waals surface area contributed by atoms with Gasteiger partial charge in [-0.15, -0.1) is 0 Å². The van der Waals surface area contributed by atoms with E-state index in [1.54, 1.807) is 48.9 Å². The highest BCUT2D eigenvalue weighted by atomic mass is 32.1. The van der Waals surface area contributed by atoms with Crippen molar-refractivity contribution in [3.05, 3.63) is 113 Å². The summed E-state index contributed by atoms with van der Waals surface area (Å²) < 4.78 is 23.2. The normalized spacial score (nSPS) is 16.1. The van der Waals surface area contributed by atoms with Crippen molar-refractivity contribution >= 4 is 47.0 Å². The van der Waals surface area contributed by atoms with E-state index in [1.165, 1.54) is 12.1 Å². The molecule has 0 spiro atoms. The van der Waals surface area contributed by atoms with Crippen molar-refractivity contribution < 1.29 is 23.1 Å². The first kappa shape index (κ1) is 24.8. The number of pyridine rings is 1. The van der Waals surface area contributed by atoms with E-state index in [4.69, 9.17) is 9.15 Å². The number of rotatable bonds is 3. The van der Waals surface area contributed by atoms with Gasteiger partial charge in [-0.2, -0.15) is 17.9 Å². The van der Waals surface area contributed by atoms with E-state index in [0.29, 0.717) is 45.1 Å². The molecule has 4 aromatic rings. The van der Waals surface area contributed by atoms with Crippen LogP contribution in [0.1, 0.15) is 15.9 Å². The number of nitrogens with zero attached hydrogens (tertiary/aromatic N) is 2. The number of anilines is 1. The number of furan rings is 1. The van der Waals surface area contributed by atoms with Gasteiger partial charge in [-0.05, 0) is 54.1 Å². The summed E-state index contributed by atoms with van der Waals surface area (Å²) in [6, 6.07) is 20.4. The molecular formula is C28H19FN4O4S. The second-order valence-electron chi connectivity index (χ2n) is 8.22. The molecule has 10 heteroatoms. The van der Waals surface area contributed by atoms with Gasteiger partial charge in [0.1, 0.15) is 23.8 Å². The minimum Gasteiger partial charge on any atom is -0.464 e. The number of benzene rings is 2. The minimum absolute atomic E-state index is 0.134. The van der Waals surface area contributed by atoms with E-state index < -0.39 is 11.2 Å². The Hall–Kier alpha value is -4.88. The van der Waals surface area contributed by atoms with Gasteiger partial charge in [-0.3, -0.25) is 4.79 Å². The van der Waals surface area contributed by atoms with Crippen LogP contribution in [-0.4, -0.2) is 28.7 Å². The van der Waals surface area contributed by atoms with Gasteiger partial charge < -0.3 is 19.8 Å². The third kappa shape index (κ3) is 4.87. The number of nitriles is 1. The quantitative estimate of drug-likeness (QED) is 0.258. The molecule has 0 saturated heterocycles. The largest absolute Gasteiger partial charge is 0.464 e. The SMILES string of the molecule is N#CC1=C(c2ccc(F)cc2)NC2=C(C(=O)OC2)C1S.O=C(Nc1nccc2occc12)c1ccccc1. The van der Waals surface area contributed by atoms with Crippen molar-refractivity contribution in [1.82, 2.24) is 10.3 Å². The Morgan fingerprint density at radius 2 is 1.89 bits per heavy atom. The first-order chi connectivity index (χ1) is 18.5. The molecule has 0 aliphatic carbocycles. The van der Waals surface area contributed by atoms with Crippen molar-refractivity contribution in [3.63, 3.8) is 0 Å². The summed E-state index contributed by atoms with van der Waals surface area (Å²) in [6.07, 6.45) is 3.18. The van der Waals surface area contributed by atoms with Crippen molar-refractivity contribution in [2.75, 3.05) is 11.9 Å². The zero-order chi connectivity index (χ0) is 26.6. The predicted molar refractivity (Wildman–Crippen MR) is 141 cm³/mol. The van der Waals surface area contributed by atoms with E-state index in [2.05, 4.69) is 34.3 Å². The van der Waals surface area contributed by atoms with E-state index in [0.717, 1.165) is 5.39 Å². The second-order valence-corrected chi connectivity index (χ2v) is 8.73. The van der Waals surface area contributed by atoms with Crippen LogP contribution >= 0.6 is 12.6 Å². The monoisotopic (exact) mass is 526 g/mol. The van der Waals surface area contributed by atoms with Crippen molar-refractivity contribution in [1.29, 1.82) is 5.26 Å². The minimum atomic E-state index is -0.633. The lowest BCUT2D eigenvalue weighted by Gasteiger charge is -2.23.